The third-order valence-electron chi connectivity index (χ3n) is 3.28. The van der Waals surface area contributed by atoms with Gasteiger partial charge in [-0.25, -0.2) is 0 Å². The van der Waals surface area contributed by atoms with Gasteiger partial charge in [0.05, 0.1) is 12.6 Å². The zero-order valence-corrected chi connectivity index (χ0v) is 10.9. The Morgan fingerprint density at radius 3 is 2.94 bits per heavy atom. The summed E-state index contributed by atoms with van der Waals surface area (Å²) in [6.07, 6.45) is 0.482. The van der Waals surface area contributed by atoms with Gasteiger partial charge in [-0.3, -0.25) is 9.69 Å². The number of nitrogens with one attached hydrogen (secondary N) is 1. The molecule has 0 saturated carbocycles. The third-order valence-corrected chi connectivity index (χ3v) is 3.28. The molecule has 0 radical (unpaired) electrons. The first-order valence-corrected chi connectivity index (χ1v) is 6.32. The van der Waals surface area contributed by atoms with Gasteiger partial charge in [0.1, 0.15) is 0 Å². The number of carbonyl (C=O) groups excluding carboxylic acids is 1. The van der Waals surface area contributed by atoms with Gasteiger partial charge in [0.25, 0.3) is 0 Å². The minimum absolute atomic E-state index is 0.0159. The van der Waals surface area contributed by atoms with Crippen LogP contribution in [0.25, 0.3) is 0 Å². The number of anilines is 1. The molecule has 1 aliphatic rings. The van der Waals surface area contributed by atoms with Crippen LogP contribution in [-0.2, 0) is 4.79 Å². The number of carbonyl (C=O) groups is 1. The molecule has 1 aromatic rings. The summed E-state index contributed by atoms with van der Waals surface area (Å²) in [6.45, 7) is 5.73. The molecule has 0 aliphatic carbocycles. The van der Waals surface area contributed by atoms with E-state index >= 15 is 0 Å². The number of hydrogen-bond donors (Lipinski definition) is 2. The predicted octanol–water partition coefficient (Wildman–Crippen LogP) is 1.31. The normalized spacial score (nSPS) is 20.1. The molecule has 1 heterocycles. The first kappa shape index (κ1) is 13.1. The first-order chi connectivity index (χ1) is 8.54. The van der Waals surface area contributed by atoms with E-state index in [4.69, 9.17) is 0 Å². The number of benzene rings is 1. The molecule has 0 bridgehead atoms. The van der Waals surface area contributed by atoms with E-state index in [2.05, 4.69) is 5.32 Å². The molecule has 1 aliphatic heterocycles. The Kier molecular flexibility index (Phi) is 3.99. The first-order valence-electron chi connectivity index (χ1n) is 6.32. The zero-order valence-electron chi connectivity index (χ0n) is 10.9. The summed E-state index contributed by atoms with van der Waals surface area (Å²) in [5.74, 6) is -0.0159. The van der Waals surface area contributed by atoms with Crippen molar-refractivity contribution in [1.82, 2.24) is 4.90 Å². The van der Waals surface area contributed by atoms with Gasteiger partial charge in [0.2, 0.25) is 5.91 Å². The number of aryl methyl sites for hydroxylation is 2. The highest BCUT2D eigenvalue weighted by Crippen LogP contribution is 2.16. The summed E-state index contributed by atoms with van der Waals surface area (Å²) in [6, 6.07) is 6.01. The van der Waals surface area contributed by atoms with Gasteiger partial charge in [-0.2, -0.15) is 0 Å². The SMILES string of the molecule is Cc1ccc(C)c(NC(=O)CN2CCC(O)C2)c1. The van der Waals surface area contributed by atoms with Crippen LogP contribution in [0.2, 0.25) is 0 Å². The largest absolute Gasteiger partial charge is 0.392 e. The predicted molar refractivity (Wildman–Crippen MR) is 71.6 cm³/mol. The molecular formula is C14H20N2O2. The topological polar surface area (TPSA) is 52.6 Å². The standard InChI is InChI=1S/C14H20N2O2/c1-10-3-4-11(2)13(7-10)15-14(18)9-16-6-5-12(17)8-16/h3-4,7,12,17H,5-6,8-9H2,1-2H3,(H,15,18). The summed E-state index contributed by atoms with van der Waals surface area (Å²) in [4.78, 5) is 13.9. The molecular weight excluding hydrogens is 228 g/mol. The number of likely N-dealkylation sites (tertiary alicyclic amines) is 1. The van der Waals surface area contributed by atoms with Crippen LogP contribution in [0, 0.1) is 13.8 Å². The maximum absolute atomic E-state index is 11.9. The van der Waals surface area contributed by atoms with E-state index in [0.29, 0.717) is 13.1 Å². The van der Waals surface area contributed by atoms with Crippen LogP contribution in [0.4, 0.5) is 5.69 Å². The average Bonchev–Trinajstić information content (AvgIpc) is 2.69. The monoisotopic (exact) mass is 248 g/mol. The Hall–Kier alpha value is -1.39. The molecule has 1 unspecified atom stereocenters. The van der Waals surface area contributed by atoms with Crippen LogP contribution in [0.15, 0.2) is 18.2 Å². The van der Waals surface area contributed by atoms with E-state index in [0.717, 1.165) is 29.8 Å². The highest BCUT2D eigenvalue weighted by Gasteiger charge is 2.22. The lowest BCUT2D eigenvalue weighted by Crippen LogP contribution is -2.32. The molecule has 0 aromatic heterocycles. The smallest absolute Gasteiger partial charge is 0.238 e. The van der Waals surface area contributed by atoms with Crippen LogP contribution < -0.4 is 5.32 Å². The van der Waals surface area contributed by atoms with Crippen molar-refractivity contribution in [3.8, 4) is 0 Å². The number of rotatable bonds is 3. The molecule has 1 aromatic carbocycles. The minimum atomic E-state index is -0.279. The van der Waals surface area contributed by atoms with Gasteiger partial charge in [0, 0.05) is 18.8 Å². The van der Waals surface area contributed by atoms with E-state index in [1.165, 1.54) is 0 Å². The molecule has 1 saturated heterocycles. The van der Waals surface area contributed by atoms with Gasteiger partial charge in [-0.05, 0) is 37.5 Å². The summed E-state index contributed by atoms with van der Waals surface area (Å²) in [5.41, 5.74) is 3.07. The van der Waals surface area contributed by atoms with E-state index in [1.807, 2.05) is 36.9 Å². The molecule has 1 fully saturated rings. The van der Waals surface area contributed by atoms with Gasteiger partial charge in [-0.15, -0.1) is 0 Å². The van der Waals surface area contributed by atoms with Crippen molar-refractivity contribution in [2.75, 3.05) is 25.0 Å². The minimum Gasteiger partial charge on any atom is -0.392 e. The number of amides is 1. The van der Waals surface area contributed by atoms with Gasteiger partial charge < -0.3 is 10.4 Å². The molecule has 98 valence electrons. The Balaban J connectivity index is 1.92. The quantitative estimate of drug-likeness (QED) is 0.848. The number of hydrogen-bond acceptors (Lipinski definition) is 3. The van der Waals surface area contributed by atoms with Gasteiger partial charge >= 0.3 is 0 Å². The molecule has 4 heteroatoms. The Labute approximate surface area is 108 Å². The second-order valence-electron chi connectivity index (χ2n) is 5.04. The second kappa shape index (κ2) is 5.50. The molecule has 1 amide bonds. The second-order valence-corrected chi connectivity index (χ2v) is 5.04. The third kappa shape index (κ3) is 3.31. The van der Waals surface area contributed by atoms with Crippen molar-refractivity contribution in [2.24, 2.45) is 0 Å². The number of nitrogens with zero attached hydrogens (tertiary/aromatic N) is 1. The van der Waals surface area contributed by atoms with Crippen molar-refractivity contribution < 1.29 is 9.90 Å². The van der Waals surface area contributed by atoms with Crippen LogP contribution in [-0.4, -0.2) is 41.7 Å². The molecule has 1 atom stereocenters. The lowest BCUT2D eigenvalue weighted by Gasteiger charge is -2.15. The number of β-amino-alcohol motifs (C(OH)–C–C–N with tert-alkyl or cyclic N) is 1. The van der Waals surface area contributed by atoms with Crippen molar-refractivity contribution in [3.63, 3.8) is 0 Å². The fourth-order valence-electron chi connectivity index (χ4n) is 2.22. The van der Waals surface area contributed by atoms with Crippen LogP contribution in [0.3, 0.4) is 0 Å². The van der Waals surface area contributed by atoms with Crippen molar-refractivity contribution in [1.29, 1.82) is 0 Å². The lowest BCUT2D eigenvalue weighted by atomic mass is 10.1. The van der Waals surface area contributed by atoms with E-state index in [-0.39, 0.29) is 12.0 Å². The van der Waals surface area contributed by atoms with Crippen LogP contribution in [0.5, 0.6) is 0 Å². The molecule has 4 nitrogen and oxygen atoms in total. The lowest BCUT2D eigenvalue weighted by molar-refractivity contribution is -0.117. The van der Waals surface area contributed by atoms with E-state index in [1.54, 1.807) is 0 Å². The summed E-state index contributed by atoms with van der Waals surface area (Å²) in [7, 11) is 0. The highest BCUT2D eigenvalue weighted by atomic mass is 16.3. The summed E-state index contributed by atoms with van der Waals surface area (Å²) < 4.78 is 0. The number of aliphatic hydroxyl groups excluding tert-OH is 1. The van der Waals surface area contributed by atoms with Crippen molar-refractivity contribution in [3.05, 3.63) is 29.3 Å². The molecule has 18 heavy (non-hydrogen) atoms. The van der Waals surface area contributed by atoms with E-state index in [9.17, 15) is 9.90 Å². The number of aliphatic hydroxyl groups is 1. The average molecular weight is 248 g/mol. The Morgan fingerprint density at radius 2 is 2.28 bits per heavy atom. The van der Waals surface area contributed by atoms with Gasteiger partial charge in [-0.1, -0.05) is 12.1 Å². The van der Waals surface area contributed by atoms with Gasteiger partial charge in [0.15, 0.2) is 0 Å². The zero-order chi connectivity index (χ0) is 13.1. The molecule has 2 N–H and O–H groups in total. The Bertz CT molecular complexity index is 445. The Morgan fingerprint density at radius 1 is 1.50 bits per heavy atom. The summed E-state index contributed by atoms with van der Waals surface area (Å²) >= 11 is 0. The van der Waals surface area contributed by atoms with E-state index < -0.39 is 0 Å². The summed E-state index contributed by atoms with van der Waals surface area (Å²) in [5, 5.41) is 12.3. The highest BCUT2D eigenvalue weighted by molar-refractivity contribution is 5.93. The fourth-order valence-corrected chi connectivity index (χ4v) is 2.22. The fraction of sp³-hybridized carbons (Fsp3) is 0.500. The van der Waals surface area contributed by atoms with Crippen LogP contribution >= 0.6 is 0 Å². The molecule has 2 rings (SSSR count). The van der Waals surface area contributed by atoms with Crippen molar-refractivity contribution >= 4 is 11.6 Å². The maximum atomic E-state index is 11.9. The van der Waals surface area contributed by atoms with Crippen molar-refractivity contribution in [2.45, 2.75) is 26.4 Å². The van der Waals surface area contributed by atoms with Crippen LogP contribution in [0.1, 0.15) is 17.5 Å². The molecule has 0 spiro atoms. The maximum Gasteiger partial charge on any atom is 0.238 e.